The third-order valence-electron chi connectivity index (χ3n) is 4.71. The zero-order valence-electron chi connectivity index (χ0n) is 13.2. The summed E-state index contributed by atoms with van der Waals surface area (Å²) in [5.74, 6) is 0.560. The van der Waals surface area contributed by atoms with Gasteiger partial charge in [-0.1, -0.05) is 45.7 Å². The second kappa shape index (κ2) is 6.26. The molecular formula is C18H28FN. The lowest BCUT2D eigenvalue weighted by atomic mass is 9.69. The lowest BCUT2D eigenvalue weighted by molar-refractivity contribution is 0.124. The lowest BCUT2D eigenvalue weighted by Crippen LogP contribution is -2.45. The van der Waals surface area contributed by atoms with Crippen molar-refractivity contribution in [3.05, 3.63) is 35.6 Å². The normalized spacial score (nSPS) is 25.4. The van der Waals surface area contributed by atoms with E-state index in [1.54, 1.807) is 12.1 Å². The molecule has 0 bridgehead atoms. The van der Waals surface area contributed by atoms with Crippen molar-refractivity contribution in [2.45, 2.75) is 65.5 Å². The molecule has 0 heterocycles. The minimum absolute atomic E-state index is 0.161. The van der Waals surface area contributed by atoms with Gasteiger partial charge >= 0.3 is 0 Å². The van der Waals surface area contributed by atoms with Crippen molar-refractivity contribution in [1.82, 2.24) is 5.32 Å². The van der Waals surface area contributed by atoms with Gasteiger partial charge in [0.2, 0.25) is 0 Å². The van der Waals surface area contributed by atoms with Gasteiger partial charge in [0.1, 0.15) is 5.82 Å². The summed E-state index contributed by atoms with van der Waals surface area (Å²) in [6.45, 7) is 9.22. The van der Waals surface area contributed by atoms with Crippen molar-refractivity contribution in [1.29, 1.82) is 0 Å². The molecule has 1 fully saturated rings. The molecule has 2 unspecified atom stereocenters. The van der Waals surface area contributed by atoms with Crippen molar-refractivity contribution in [3.63, 3.8) is 0 Å². The first-order valence-electron chi connectivity index (χ1n) is 7.89. The van der Waals surface area contributed by atoms with Crippen molar-refractivity contribution >= 4 is 0 Å². The van der Waals surface area contributed by atoms with Gasteiger partial charge in [-0.2, -0.15) is 0 Å². The van der Waals surface area contributed by atoms with Crippen molar-refractivity contribution in [3.8, 4) is 0 Å². The zero-order valence-corrected chi connectivity index (χ0v) is 13.2. The van der Waals surface area contributed by atoms with E-state index >= 15 is 0 Å². The summed E-state index contributed by atoms with van der Waals surface area (Å²) in [7, 11) is 0. The number of benzene rings is 1. The Labute approximate surface area is 123 Å². The summed E-state index contributed by atoms with van der Waals surface area (Å²) in [4.78, 5) is 0. The third kappa shape index (κ3) is 3.82. The molecule has 1 aromatic rings. The van der Waals surface area contributed by atoms with Gasteiger partial charge < -0.3 is 5.32 Å². The monoisotopic (exact) mass is 277 g/mol. The number of nitrogens with one attached hydrogen (secondary N) is 1. The van der Waals surface area contributed by atoms with E-state index in [1.165, 1.54) is 31.2 Å². The molecule has 1 nitrogen and oxygen atoms in total. The highest BCUT2D eigenvalue weighted by atomic mass is 19.1. The highest BCUT2D eigenvalue weighted by Crippen LogP contribution is 2.38. The zero-order chi connectivity index (χ0) is 14.8. The first kappa shape index (κ1) is 15.5. The fourth-order valence-electron chi connectivity index (χ4n) is 3.54. The van der Waals surface area contributed by atoms with Gasteiger partial charge in [-0.05, 0) is 48.8 Å². The summed E-state index contributed by atoms with van der Waals surface area (Å²) in [6, 6.07) is 7.74. The summed E-state index contributed by atoms with van der Waals surface area (Å²) >= 11 is 0. The molecule has 1 N–H and O–H groups in total. The molecule has 1 aromatic carbocycles. The van der Waals surface area contributed by atoms with E-state index in [2.05, 4.69) is 33.0 Å². The number of hydrogen-bond acceptors (Lipinski definition) is 1. The molecule has 0 radical (unpaired) electrons. The van der Waals surface area contributed by atoms with E-state index in [4.69, 9.17) is 0 Å². The lowest BCUT2D eigenvalue weighted by Gasteiger charge is -2.42. The molecule has 0 aliphatic heterocycles. The van der Waals surface area contributed by atoms with Crippen LogP contribution in [0.3, 0.4) is 0 Å². The van der Waals surface area contributed by atoms with Crippen LogP contribution < -0.4 is 5.32 Å². The predicted molar refractivity (Wildman–Crippen MR) is 83.2 cm³/mol. The molecule has 0 spiro atoms. The van der Waals surface area contributed by atoms with Gasteiger partial charge in [-0.3, -0.25) is 0 Å². The van der Waals surface area contributed by atoms with Crippen LogP contribution in [0.4, 0.5) is 4.39 Å². The molecule has 1 aliphatic carbocycles. The van der Waals surface area contributed by atoms with Crippen LogP contribution in [0, 0.1) is 17.2 Å². The van der Waals surface area contributed by atoms with Crippen LogP contribution in [0.15, 0.2) is 24.3 Å². The summed E-state index contributed by atoms with van der Waals surface area (Å²) < 4.78 is 13.0. The molecular weight excluding hydrogens is 249 g/mol. The number of halogens is 1. The molecule has 2 heteroatoms. The Morgan fingerprint density at radius 2 is 1.70 bits per heavy atom. The number of rotatable bonds is 3. The minimum atomic E-state index is -0.161. The fourth-order valence-corrected chi connectivity index (χ4v) is 3.54. The van der Waals surface area contributed by atoms with Gasteiger partial charge in [-0.25, -0.2) is 4.39 Å². The van der Waals surface area contributed by atoms with E-state index < -0.39 is 0 Å². The van der Waals surface area contributed by atoms with Crippen LogP contribution >= 0.6 is 0 Å². The average Bonchev–Trinajstić information content (AvgIpc) is 2.38. The highest BCUT2D eigenvalue weighted by molar-refractivity contribution is 5.19. The van der Waals surface area contributed by atoms with Crippen molar-refractivity contribution in [2.24, 2.45) is 11.3 Å². The standard InChI is InChI=1S/C18H28FN/c1-13(14-9-11-15(19)12-10-14)20-17-8-6-5-7-16(17)18(2,3)4/h9-13,16-17,20H,5-8H2,1-4H3/t13-,16?,17?/m0/s1. The molecule has 0 saturated heterocycles. The van der Waals surface area contributed by atoms with Crippen LogP contribution in [0.1, 0.15) is 65.0 Å². The van der Waals surface area contributed by atoms with E-state index in [9.17, 15) is 4.39 Å². The van der Waals surface area contributed by atoms with Gasteiger partial charge in [0.15, 0.2) is 0 Å². The second-order valence-electron chi connectivity index (χ2n) is 7.30. The fraction of sp³-hybridized carbons (Fsp3) is 0.667. The van der Waals surface area contributed by atoms with Gasteiger partial charge in [0.05, 0.1) is 0 Å². The van der Waals surface area contributed by atoms with E-state index in [0.29, 0.717) is 11.5 Å². The smallest absolute Gasteiger partial charge is 0.123 e. The van der Waals surface area contributed by atoms with E-state index in [-0.39, 0.29) is 11.9 Å². The number of hydrogen-bond donors (Lipinski definition) is 1. The molecule has 20 heavy (non-hydrogen) atoms. The Hall–Kier alpha value is -0.890. The third-order valence-corrected chi connectivity index (χ3v) is 4.71. The molecule has 3 atom stereocenters. The van der Waals surface area contributed by atoms with Crippen LogP contribution in [0.5, 0.6) is 0 Å². The molecule has 112 valence electrons. The first-order valence-corrected chi connectivity index (χ1v) is 7.89. The maximum atomic E-state index is 13.0. The highest BCUT2D eigenvalue weighted by Gasteiger charge is 2.34. The van der Waals surface area contributed by atoms with Crippen LogP contribution in [0.25, 0.3) is 0 Å². The van der Waals surface area contributed by atoms with Crippen molar-refractivity contribution < 1.29 is 4.39 Å². The van der Waals surface area contributed by atoms with E-state index in [0.717, 1.165) is 5.92 Å². The molecule has 0 amide bonds. The second-order valence-corrected chi connectivity index (χ2v) is 7.30. The molecule has 2 rings (SSSR count). The van der Waals surface area contributed by atoms with Crippen LogP contribution in [-0.2, 0) is 0 Å². The van der Waals surface area contributed by atoms with Gasteiger partial charge in [-0.15, -0.1) is 0 Å². The largest absolute Gasteiger partial charge is 0.307 e. The molecule has 0 aromatic heterocycles. The van der Waals surface area contributed by atoms with Gasteiger partial charge in [0.25, 0.3) is 0 Å². The van der Waals surface area contributed by atoms with Gasteiger partial charge in [0, 0.05) is 12.1 Å². The van der Waals surface area contributed by atoms with Crippen LogP contribution in [0.2, 0.25) is 0 Å². The molecule has 1 saturated carbocycles. The topological polar surface area (TPSA) is 12.0 Å². The summed E-state index contributed by atoms with van der Waals surface area (Å²) in [5, 5.41) is 3.79. The SMILES string of the molecule is C[C@H](NC1CCCCC1C(C)(C)C)c1ccc(F)cc1. The maximum Gasteiger partial charge on any atom is 0.123 e. The van der Waals surface area contributed by atoms with Crippen LogP contribution in [-0.4, -0.2) is 6.04 Å². The Morgan fingerprint density at radius 3 is 2.30 bits per heavy atom. The summed E-state index contributed by atoms with van der Waals surface area (Å²) in [5.41, 5.74) is 1.52. The maximum absolute atomic E-state index is 13.0. The predicted octanol–water partition coefficient (Wildman–Crippen LogP) is 5.08. The first-order chi connectivity index (χ1) is 9.38. The summed E-state index contributed by atoms with van der Waals surface area (Å²) in [6.07, 6.45) is 5.25. The molecule has 1 aliphatic rings. The Kier molecular flexibility index (Phi) is 4.85. The minimum Gasteiger partial charge on any atom is -0.307 e. The van der Waals surface area contributed by atoms with E-state index in [1.807, 2.05) is 12.1 Å². The quantitative estimate of drug-likeness (QED) is 0.812. The Bertz CT molecular complexity index is 418. The Balaban J connectivity index is 2.05. The average molecular weight is 277 g/mol. The van der Waals surface area contributed by atoms with Crippen molar-refractivity contribution in [2.75, 3.05) is 0 Å². The Morgan fingerprint density at radius 1 is 1.10 bits per heavy atom.